The van der Waals surface area contributed by atoms with Gasteiger partial charge in [-0.25, -0.2) is 4.39 Å². The molecule has 1 amide bonds. The zero-order chi connectivity index (χ0) is 19.5. The van der Waals surface area contributed by atoms with Crippen molar-refractivity contribution in [1.29, 1.82) is 5.26 Å². The van der Waals surface area contributed by atoms with E-state index >= 15 is 0 Å². The van der Waals surface area contributed by atoms with Crippen molar-refractivity contribution in [1.82, 2.24) is 20.1 Å². The Morgan fingerprint density at radius 1 is 1.35 bits per heavy atom. The number of benzene rings is 1. The van der Waals surface area contributed by atoms with Gasteiger partial charge in [0.1, 0.15) is 11.4 Å². The summed E-state index contributed by atoms with van der Waals surface area (Å²) in [5.41, 5.74) is -0.590. The Labute approximate surface area is 156 Å². The Hall–Kier alpha value is -2.40. The van der Waals surface area contributed by atoms with Crippen LogP contribution in [-0.4, -0.2) is 31.5 Å². The molecule has 0 spiro atoms. The Morgan fingerprint density at radius 2 is 2.00 bits per heavy atom. The van der Waals surface area contributed by atoms with E-state index in [0.29, 0.717) is 16.5 Å². The van der Waals surface area contributed by atoms with Crippen molar-refractivity contribution in [2.24, 2.45) is 13.0 Å². The molecule has 0 aliphatic carbocycles. The minimum atomic E-state index is -0.940. The maximum Gasteiger partial charge on any atom is 0.234 e. The number of nitriles is 1. The minimum Gasteiger partial charge on any atom is -0.337 e. The molecule has 0 aliphatic heterocycles. The van der Waals surface area contributed by atoms with Gasteiger partial charge in [0.05, 0.1) is 16.9 Å². The third-order valence-electron chi connectivity index (χ3n) is 4.37. The number of thioether (sulfide) groups is 1. The summed E-state index contributed by atoms with van der Waals surface area (Å²) in [6, 6.07) is 8.48. The molecule has 1 heterocycles. The number of halogens is 1. The topological polar surface area (TPSA) is 83.6 Å². The first-order chi connectivity index (χ1) is 12.2. The number of carbonyl (C=O) groups is 1. The van der Waals surface area contributed by atoms with Crippen LogP contribution in [0.2, 0.25) is 0 Å². The Kier molecular flexibility index (Phi) is 6.03. The first-order valence-corrected chi connectivity index (χ1v) is 9.11. The van der Waals surface area contributed by atoms with Gasteiger partial charge in [-0.1, -0.05) is 37.7 Å². The molecule has 0 radical (unpaired) electrons. The summed E-state index contributed by atoms with van der Waals surface area (Å²) >= 11 is 1.21. The van der Waals surface area contributed by atoms with Gasteiger partial charge in [0, 0.05) is 7.05 Å². The van der Waals surface area contributed by atoms with Gasteiger partial charge in [0.25, 0.3) is 0 Å². The molecule has 0 aliphatic rings. The smallest absolute Gasteiger partial charge is 0.234 e. The highest BCUT2D eigenvalue weighted by Crippen LogP contribution is 2.27. The number of aromatic nitrogens is 3. The molecule has 2 rings (SSSR count). The van der Waals surface area contributed by atoms with Crippen LogP contribution < -0.4 is 5.32 Å². The normalized spacial score (nSPS) is 14.5. The number of rotatable bonds is 6. The molecular formula is C18H22FN5OS. The SMILES string of the molecule is CC(C)[C@@](C)(C#N)NC(=O)[C@@H](C)Sc1nnc(-c2ccccc2F)n1C. The Bertz CT molecular complexity index is 844. The van der Waals surface area contributed by atoms with Gasteiger partial charge in [-0.2, -0.15) is 5.26 Å². The van der Waals surface area contributed by atoms with Crippen LogP contribution in [0.25, 0.3) is 11.4 Å². The van der Waals surface area contributed by atoms with Crippen LogP contribution in [-0.2, 0) is 11.8 Å². The average molecular weight is 375 g/mol. The molecule has 2 atom stereocenters. The summed E-state index contributed by atoms with van der Waals surface area (Å²) in [5, 5.41) is 20.3. The van der Waals surface area contributed by atoms with Crippen molar-refractivity contribution in [3.05, 3.63) is 30.1 Å². The van der Waals surface area contributed by atoms with Crippen LogP contribution in [0.15, 0.2) is 29.4 Å². The number of hydrogen-bond acceptors (Lipinski definition) is 5. The fourth-order valence-electron chi connectivity index (χ4n) is 2.17. The third kappa shape index (κ3) is 4.05. The van der Waals surface area contributed by atoms with Gasteiger partial charge in [-0.3, -0.25) is 4.79 Å². The first kappa shape index (κ1) is 19.9. The molecule has 138 valence electrons. The average Bonchev–Trinajstić information content (AvgIpc) is 2.95. The van der Waals surface area contributed by atoms with Crippen LogP contribution in [0.5, 0.6) is 0 Å². The largest absolute Gasteiger partial charge is 0.337 e. The third-order valence-corrected chi connectivity index (χ3v) is 5.50. The minimum absolute atomic E-state index is 0.0314. The fourth-order valence-corrected chi connectivity index (χ4v) is 2.98. The van der Waals surface area contributed by atoms with Crippen LogP contribution >= 0.6 is 11.8 Å². The molecule has 0 saturated heterocycles. The van der Waals surface area contributed by atoms with Gasteiger partial charge < -0.3 is 9.88 Å². The van der Waals surface area contributed by atoms with Crippen LogP contribution in [0.4, 0.5) is 4.39 Å². The quantitative estimate of drug-likeness (QED) is 0.784. The molecule has 1 aromatic carbocycles. The lowest BCUT2D eigenvalue weighted by molar-refractivity contribution is -0.121. The van der Waals surface area contributed by atoms with Crippen molar-refractivity contribution in [3.63, 3.8) is 0 Å². The van der Waals surface area contributed by atoms with Crippen molar-refractivity contribution >= 4 is 17.7 Å². The predicted molar refractivity (Wildman–Crippen MR) is 98.7 cm³/mol. The zero-order valence-corrected chi connectivity index (χ0v) is 16.3. The molecule has 8 heteroatoms. The maximum absolute atomic E-state index is 14.0. The van der Waals surface area contributed by atoms with Crippen LogP contribution in [0.3, 0.4) is 0 Å². The second-order valence-corrected chi connectivity index (χ2v) is 7.87. The number of nitrogens with zero attached hydrogens (tertiary/aromatic N) is 4. The van der Waals surface area contributed by atoms with Crippen molar-refractivity contribution in [3.8, 4) is 17.5 Å². The molecule has 1 aromatic heterocycles. The van der Waals surface area contributed by atoms with Crippen molar-refractivity contribution in [2.45, 2.75) is 43.6 Å². The predicted octanol–water partition coefficient (Wildman–Crippen LogP) is 3.16. The van der Waals surface area contributed by atoms with Gasteiger partial charge in [-0.05, 0) is 31.9 Å². The molecular weight excluding hydrogens is 353 g/mol. The molecule has 0 fully saturated rings. The second kappa shape index (κ2) is 7.87. The zero-order valence-electron chi connectivity index (χ0n) is 15.4. The summed E-state index contributed by atoms with van der Waals surface area (Å²) in [6.45, 7) is 7.19. The van der Waals surface area contributed by atoms with E-state index in [4.69, 9.17) is 0 Å². The lowest BCUT2D eigenvalue weighted by atomic mass is 9.90. The summed E-state index contributed by atoms with van der Waals surface area (Å²) in [4.78, 5) is 12.5. The van der Waals surface area contributed by atoms with Crippen molar-refractivity contribution < 1.29 is 9.18 Å². The summed E-state index contributed by atoms with van der Waals surface area (Å²) in [5.74, 6) is -0.284. The Morgan fingerprint density at radius 3 is 2.58 bits per heavy atom. The molecule has 6 nitrogen and oxygen atoms in total. The van der Waals surface area contributed by atoms with Gasteiger partial charge >= 0.3 is 0 Å². The van der Waals surface area contributed by atoms with E-state index in [1.54, 1.807) is 43.7 Å². The van der Waals surface area contributed by atoms with E-state index < -0.39 is 10.8 Å². The highest BCUT2D eigenvalue weighted by atomic mass is 32.2. The summed E-state index contributed by atoms with van der Waals surface area (Å²) in [6.07, 6.45) is 0. The van der Waals surface area contributed by atoms with E-state index in [0.717, 1.165) is 0 Å². The van der Waals surface area contributed by atoms with Gasteiger partial charge in [0.2, 0.25) is 5.91 Å². The summed E-state index contributed by atoms with van der Waals surface area (Å²) < 4.78 is 15.6. The maximum atomic E-state index is 14.0. The van der Waals surface area contributed by atoms with E-state index in [-0.39, 0.29) is 17.6 Å². The highest BCUT2D eigenvalue weighted by Gasteiger charge is 2.32. The molecule has 0 saturated carbocycles. The highest BCUT2D eigenvalue weighted by molar-refractivity contribution is 8.00. The van der Waals surface area contributed by atoms with Crippen molar-refractivity contribution in [2.75, 3.05) is 0 Å². The lowest BCUT2D eigenvalue weighted by Gasteiger charge is -2.28. The molecule has 1 N–H and O–H groups in total. The Balaban J connectivity index is 2.16. The van der Waals surface area contributed by atoms with Gasteiger partial charge in [0.15, 0.2) is 11.0 Å². The van der Waals surface area contributed by atoms with Crippen LogP contribution in [0.1, 0.15) is 27.7 Å². The van der Waals surface area contributed by atoms with E-state index in [1.807, 2.05) is 13.8 Å². The number of nitrogens with one attached hydrogen (secondary N) is 1. The molecule has 0 bridgehead atoms. The summed E-state index contributed by atoms with van der Waals surface area (Å²) in [7, 11) is 1.72. The number of carbonyl (C=O) groups excluding carboxylic acids is 1. The van der Waals surface area contributed by atoms with E-state index in [9.17, 15) is 14.4 Å². The fraction of sp³-hybridized carbons (Fsp3) is 0.444. The van der Waals surface area contributed by atoms with Crippen LogP contribution in [0, 0.1) is 23.1 Å². The molecule has 2 aromatic rings. The molecule has 26 heavy (non-hydrogen) atoms. The number of amides is 1. The second-order valence-electron chi connectivity index (χ2n) is 6.56. The van der Waals surface area contributed by atoms with E-state index in [2.05, 4.69) is 21.6 Å². The lowest BCUT2D eigenvalue weighted by Crippen LogP contribution is -2.51. The van der Waals surface area contributed by atoms with E-state index in [1.165, 1.54) is 17.8 Å². The first-order valence-electron chi connectivity index (χ1n) is 8.23. The molecule has 0 unspecified atom stereocenters. The standard InChI is InChI=1S/C18H22FN5OS/c1-11(2)18(4,10-20)21-16(25)12(3)26-17-23-22-15(24(17)5)13-8-6-7-9-14(13)19/h6-9,11-12H,1-5H3,(H,21,25)/t12-,18-/m1/s1. The monoisotopic (exact) mass is 375 g/mol. The van der Waals surface area contributed by atoms with Gasteiger partial charge in [-0.15, -0.1) is 10.2 Å². The number of hydrogen-bond donors (Lipinski definition) is 1.